The van der Waals surface area contributed by atoms with E-state index in [-0.39, 0.29) is 40.0 Å². The molecule has 0 aliphatic rings. The van der Waals surface area contributed by atoms with E-state index in [9.17, 15) is 23.2 Å². The van der Waals surface area contributed by atoms with Crippen LogP contribution in [0.2, 0.25) is 0 Å². The number of hydrogen-bond acceptors (Lipinski definition) is 7. The molecule has 0 amide bonds. The van der Waals surface area contributed by atoms with Gasteiger partial charge in [-0.05, 0) is 24.6 Å². The van der Waals surface area contributed by atoms with Gasteiger partial charge >= 0.3 is 6.18 Å². The van der Waals surface area contributed by atoms with Gasteiger partial charge in [0.15, 0.2) is 11.5 Å². The topological polar surface area (TPSA) is 106 Å². The SMILES string of the molecule is CC[C@@H](C)c1nc(C(F)(F)F)c(C(=O)c2cc(C#N)ccc2-c2ncc(CN)cn2)s1. The number of rotatable bonds is 6. The first kappa shape index (κ1) is 22.5. The molecule has 1 aromatic carbocycles. The van der Waals surface area contributed by atoms with Gasteiger partial charge in [-0.2, -0.15) is 18.4 Å². The van der Waals surface area contributed by atoms with Gasteiger partial charge < -0.3 is 5.73 Å². The van der Waals surface area contributed by atoms with Crippen LogP contribution in [-0.2, 0) is 12.7 Å². The Bertz CT molecular complexity index is 1150. The fraction of sp³-hybridized carbons (Fsp3) is 0.286. The smallest absolute Gasteiger partial charge is 0.326 e. The summed E-state index contributed by atoms with van der Waals surface area (Å²) in [5.74, 6) is -0.965. The quantitative estimate of drug-likeness (QED) is 0.552. The Balaban J connectivity index is 2.19. The Kier molecular flexibility index (Phi) is 6.48. The van der Waals surface area contributed by atoms with Gasteiger partial charge in [0.05, 0.1) is 16.6 Å². The molecular formula is C21H18F3N5OS. The highest BCUT2D eigenvalue weighted by molar-refractivity contribution is 7.14. The van der Waals surface area contributed by atoms with Gasteiger partial charge in [-0.1, -0.05) is 13.8 Å². The van der Waals surface area contributed by atoms with Crippen LogP contribution in [0.15, 0.2) is 30.6 Å². The van der Waals surface area contributed by atoms with Crippen LogP contribution in [0.5, 0.6) is 0 Å². The molecule has 0 aliphatic heterocycles. The minimum absolute atomic E-state index is 0.0931. The predicted octanol–water partition coefficient (Wildman–Crippen LogP) is 4.69. The van der Waals surface area contributed by atoms with Gasteiger partial charge in [0.2, 0.25) is 5.78 Å². The lowest BCUT2D eigenvalue weighted by atomic mass is 9.98. The van der Waals surface area contributed by atoms with Gasteiger partial charge in [-0.3, -0.25) is 4.79 Å². The minimum atomic E-state index is -4.79. The number of nitriles is 1. The Labute approximate surface area is 180 Å². The second-order valence-electron chi connectivity index (χ2n) is 6.86. The summed E-state index contributed by atoms with van der Waals surface area (Å²) in [4.78, 5) is 24.9. The lowest BCUT2D eigenvalue weighted by Crippen LogP contribution is -2.13. The molecule has 0 fully saturated rings. The van der Waals surface area contributed by atoms with Gasteiger partial charge in [-0.15, -0.1) is 11.3 Å². The third-order valence-corrected chi connectivity index (χ3v) is 6.01. The molecule has 0 saturated heterocycles. The summed E-state index contributed by atoms with van der Waals surface area (Å²) >= 11 is 0.725. The lowest BCUT2D eigenvalue weighted by molar-refractivity contribution is -0.141. The number of benzene rings is 1. The maximum atomic E-state index is 13.7. The molecule has 0 saturated carbocycles. The lowest BCUT2D eigenvalue weighted by Gasteiger charge is -2.10. The van der Waals surface area contributed by atoms with Gasteiger partial charge in [0.1, 0.15) is 4.88 Å². The minimum Gasteiger partial charge on any atom is -0.326 e. The molecule has 10 heteroatoms. The molecular weight excluding hydrogens is 427 g/mol. The standard InChI is InChI=1S/C21H18F3N5OS/c1-3-11(2)20-29-18(21(22,23)24)17(31-20)16(30)15-6-12(7-25)4-5-14(15)19-27-9-13(8-26)10-28-19/h4-6,9-11H,3,8,26H2,1-2H3/t11-/m1/s1. The fourth-order valence-electron chi connectivity index (χ4n) is 2.79. The van der Waals surface area contributed by atoms with Crippen molar-refractivity contribution in [1.29, 1.82) is 5.26 Å². The predicted molar refractivity (Wildman–Crippen MR) is 109 cm³/mol. The van der Waals surface area contributed by atoms with E-state index in [1.54, 1.807) is 6.92 Å². The largest absolute Gasteiger partial charge is 0.434 e. The second kappa shape index (κ2) is 8.91. The van der Waals surface area contributed by atoms with E-state index in [0.717, 1.165) is 11.3 Å². The zero-order valence-electron chi connectivity index (χ0n) is 16.7. The van der Waals surface area contributed by atoms with Gasteiger partial charge in [-0.25, -0.2) is 15.0 Å². The molecule has 3 rings (SSSR count). The number of aromatic nitrogens is 3. The van der Waals surface area contributed by atoms with Crippen molar-refractivity contribution in [2.45, 2.75) is 38.9 Å². The maximum absolute atomic E-state index is 13.7. The first-order valence-electron chi connectivity index (χ1n) is 9.37. The Morgan fingerprint density at radius 2 is 1.97 bits per heavy atom. The van der Waals surface area contributed by atoms with Crippen LogP contribution >= 0.6 is 11.3 Å². The molecule has 3 aromatic rings. The molecule has 160 valence electrons. The summed E-state index contributed by atoms with van der Waals surface area (Å²) in [6.45, 7) is 3.80. The summed E-state index contributed by atoms with van der Waals surface area (Å²) in [5.41, 5.74) is 5.24. The summed E-state index contributed by atoms with van der Waals surface area (Å²) in [5, 5.41) is 9.48. The number of carbonyl (C=O) groups is 1. The molecule has 2 N–H and O–H groups in total. The number of carbonyl (C=O) groups excluding carboxylic acids is 1. The number of nitrogens with two attached hydrogens (primary N) is 1. The van der Waals surface area contributed by atoms with Crippen molar-refractivity contribution in [3.8, 4) is 17.5 Å². The van der Waals surface area contributed by atoms with Crippen LogP contribution in [0, 0.1) is 11.3 Å². The molecule has 1 atom stereocenters. The third kappa shape index (κ3) is 4.62. The third-order valence-electron chi connectivity index (χ3n) is 4.73. The average molecular weight is 445 g/mol. The van der Waals surface area contributed by atoms with E-state index in [0.29, 0.717) is 12.0 Å². The normalized spacial score (nSPS) is 12.4. The number of nitrogens with zero attached hydrogens (tertiary/aromatic N) is 4. The maximum Gasteiger partial charge on any atom is 0.434 e. The molecule has 2 heterocycles. The highest BCUT2D eigenvalue weighted by Crippen LogP contribution is 2.39. The van der Waals surface area contributed by atoms with E-state index >= 15 is 0 Å². The number of halogens is 3. The molecule has 0 bridgehead atoms. The van der Waals surface area contributed by atoms with Crippen molar-refractivity contribution in [3.05, 3.63) is 62.9 Å². The number of thiazole rings is 1. The van der Waals surface area contributed by atoms with E-state index in [2.05, 4.69) is 15.0 Å². The molecule has 2 aromatic heterocycles. The zero-order chi connectivity index (χ0) is 22.8. The fourth-order valence-corrected chi connectivity index (χ4v) is 3.96. The van der Waals surface area contributed by atoms with Crippen molar-refractivity contribution < 1.29 is 18.0 Å². The number of ketones is 1. The Morgan fingerprint density at radius 3 is 2.52 bits per heavy atom. The Hall–Kier alpha value is -3.16. The monoisotopic (exact) mass is 445 g/mol. The van der Waals surface area contributed by atoms with Crippen LogP contribution in [0.4, 0.5) is 13.2 Å². The zero-order valence-corrected chi connectivity index (χ0v) is 17.5. The number of alkyl halides is 3. The summed E-state index contributed by atoms with van der Waals surface area (Å²) in [6, 6.07) is 6.06. The first-order valence-corrected chi connectivity index (χ1v) is 10.2. The molecule has 0 aliphatic carbocycles. The highest BCUT2D eigenvalue weighted by Gasteiger charge is 2.40. The van der Waals surface area contributed by atoms with Crippen molar-refractivity contribution in [1.82, 2.24) is 15.0 Å². The van der Waals surface area contributed by atoms with Crippen LogP contribution in [-0.4, -0.2) is 20.7 Å². The summed E-state index contributed by atoms with van der Waals surface area (Å²) < 4.78 is 41.0. The summed E-state index contributed by atoms with van der Waals surface area (Å²) in [7, 11) is 0. The van der Waals surface area contributed by atoms with Crippen molar-refractivity contribution >= 4 is 17.1 Å². The molecule has 0 radical (unpaired) electrons. The summed E-state index contributed by atoms with van der Waals surface area (Å²) in [6.07, 6.45) is -1.26. The van der Waals surface area contributed by atoms with E-state index < -0.39 is 22.5 Å². The van der Waals surface area contributed by atoms with E-state index in [1.807, 2.05) is 13.0 Å². The highest BCUT2D eigenvalue weighted by atomic mass is 32.1. The van der Waals surface area contributed by atoms with Crippen molar-refractivity contribution in [3.63, 3.8) is 0 Å². The first-order chi connectivity index (χ1) is 14.7. The molecule has 0 spiro atoms. The van der Waals surface area contributed by atoms with Gasteiger partial charge in [0, 0.05) is 41.5 Å². The van der Waals surface area contributed by atoms with Crippen LogP contribution in [0.25, 0.3) is 11.4 Å². The van der Waals surface area contributed by atoms with Crippen molar-refractivity contribution in [2.75, 3.05) is 0 Å². The number of hydrogen-bond donors (Lipinski definition) is 1. The second-order valence-corrected chi connectivity index (χ2v) is 7.89. The molecule has 0 unspecified atom stereocenters. The van der Waals surface area contributed by atoms with Crippen LogP contribution in [0.3, 0.4) is 0 Å². The van der Waals surface area contributed by atoms with E-state index in [1.165, 1.54) is 30.6 Å². The molecule has 31 heavy (non-hydrogen) atoms. The van der Waals surface area contributed by atoms with Crippen LogP contribution < -0.4 is 5.73 Å². The average Bonchev–Trinajstić information content (AvgIpc) is 3.24. The van der Waals surface area contributed by atoms with Crippen molar-refractivity contribution in [2.24, 2.45) is 5.73 Å². The van der Waals surface area contributed by atoms with Gasteiger partial charge in [0.25, 0.3) is 0 Å². The van der Waals surface area contributed by atoms with Crippen LogP contribution in [0.1, 0.15) is 63.2 Å². The van der Waals surface area contributed by atoms with E-state index in [4.69, 9.17) is 5.73 Å². The molecule has 6 nitrogen and oxygen atoms in total. The Morgan fingerprint density at radius 1 is 1.29 bits per heavy atom.